The molecule has 0 saturated heterocycles. The van der Waals surface area contributed by atoms with E-state index in [1.54, 1.807) is 42.5 Å². The van der Waals surface area contributed by atoms with Gasteiger partial charge >= 0.3 is 0 Å². The summed E-state index contributed by atoms with van der Waals surface area (Å²) < 4.78 is 29.7. The molecule has 0 aliphatic rings. The summed E-state index contributed by atoms with van der Waals surface area (Å²) in [4.78, 5) is 29.3. The number of sulfonamides is 1. The topological polar surface area (TPSA) is 86.8 Å². The molecule has 1 atom stereocenters. The molecule has 4 rings (SSSR count). The monoisotopic (exact) mass is 667 g/mol. The number of para-hydroxylation sites is 1. The van der Waals surface area contributed by atoms with Gasteiger partial charge in [-0.3, -0.25) is 13.9 Å². The molecule has 0 aliphatic carbocycles. The van der Waals surface area contributed by atoms with Gasteiger partial charge in [0.05, 0.1) is 15.6 Å². The molecule has 0 fully saturated rings. The van der Waals surface area contributed by atoms with Crippen molar-refractivity contribution in [2.24, 2.45) is 0 Å². The van der Waals surface area contributed by atoms with E-state index >= 15 is 0 Å². The molecule has 0 aromatic heterocycles. The van der Waals surface area contributed by atoms with Crippen molar-refractivity contribution in [3.05, 3.63) is 130 Å². The van der Waals surface area contributed by atoms with Crippen LogP contribution < -0.4 is 9.62 Å². The Morgan fingerprint density at radius 1 is 0.857 bits per heavy atom. The lowest BCUT2D eigenvalue weighted by molar-refractivity contribution is -0.140. The van der Waals surface area contributed by atoms with Crippen LogP contribution in [0.25, 0.3) is 0 Å². The number of amides is 2. The van der Waals surface area contributed by atoms with Crippen LogP contribution in [0, 0.1) is 0 Å². The van der Waals surface area contributed by atoms with E-state index in [9.17, 15) is 18.0 Å². The number of carbonyl (C=O) groups is 2. The van der Waals surface area contributed by atoms with Crippen LogP contribution in [0.3, 0.4) is 0 Å². The number of rotatable bonds is 12. The minimum Gasteiger partial charge on any atom is -0.355 e. The summed E-state index contributed by atoms with van der Waals surface area (Å²) in [5.41, 5.74) is 1.80. The standard InChI is InChI=1S/C32H31BrClN3O4S/c1-2-35-32(39)30(21-24-12-5-3-6-13-24)36(22-25-14-11-15-26(33)20-25)31(38)23-37(29-19-10-9-18-28(29)34)42(40,41)27-16-7-4-8-17-27/h3-20,30H,2,21-23H2,1H3,(H,35,39)/t30-/m0/s1. The van der Waals surface area contributed by atoms with E-state index in [1.165, 1.54) is 17.0 Å². The van der Waals surface area contributed by atoms with Crippen LogP contribution in [0.2, 0.25) is 5.02 Å². The summed E-state index contributed by atoms with van der Waals surface area (Å²) in [6.45, 7) is 1.69. The van der Waals surface area contributed by atoms with Gasteiger partial charge in [0, 0.05) is 24.0 Å². The number of carbonyl (C=O) groups excluding carboxylic acids is 2. The van der Waals surface area contributed by atoms with E-state index in [0.29, 0.717) is 6.54 Å². The average molecular weight is 669 g/mol. The number of hydrogen-bond donors (Lipinski definition) is 1. The molecular weight excluding hydrogens is 638 g/mol. The van der Waals surface area contributed by atoms with Crippen molar-refractivity contribution >= 4 is 55.1 Å². The molecule has 1 N–H and O–H groups in total. The number of likely N-dealkylation sites (N-methyl/N-ethyl adjacent to an activating group) is 1. The Morgan fingerprint density at radius 2 is 1.48 bits per heavy atom. The smallest absolute Gasteiger partial charge is 0.264 e. The number of anilines is 1. The SMILES string of the molecule is CCNC(=O)[C@H](Cc1ccccc1)N(Cc1cccc(Br)c1)C(=O)CN(c1ccccc1Cl)S(=O)(=O)c1ccccc1. The molecule has 0 radical (unpaired) electrons. The number of nitrogens with zero attached hydrogens (tertiary/aromatic N) is 2. The maximum absolute atomic E-state index is 14.3. The Morgan fingerprint density at radius 3 is 2.12 bits per heavy atom. The van der Waals surface area contributed by atoms with Crippen LogP contribution in [-0.2, 0) is 32.6 Å². The maximum Gasteiger partial charge on any atom is 0.264 e. The van der Waals surface area contributed by atoms with Crippen molar-refractivity contribution in [3.8, 4) is 0 Å². The lowest BCUT2D eigenvalue weighted by Gasteiger charge is -2.34. The third kappa shape index (κ3) is 7.79. The molecule has 4 aromatic carbocycles. The molecule has 0 unspecified atom stereocenters. The Labute approximate surface area is 260 Å². The molecule has 4 aromatic rings. The summed E-state index contributed by atoms with van der Waals surface area (Å²) in [6, 6.07) is 30.3. The van der Waals surface area contributed by atoms with Crippen molar-refractivity contribution in [2.45, 2.75) is 30.8 Å². The van der Waals surface area contributed by atoms with Crippen molar-refractivity contribution in [2.75, 3.05) is 17.4 Å². The van der Waals surface area contributed by atoms with E-state index in [1.807, 2.05) is 61.5 Å². The van der Waals surface area contributed by atoms with Gasteiger partial charge in [0.15, 0.2) is 0 Å². The van der Waals surface area contributed by atoms with E-state index in [0.717, 1.165) is 19.9 Å². The lowest BCUT2D eigenvalue weighted by atomic mass is 10.0. The molecule has 42 heavy (non-hydrogen) atoms. The van der Waals surface area contributed by atoms with E-state index in [-0.39, 0.29) is 34.5 Å². The predicted octanol–water partition coefficient (Wildman–Crippen LogP) is 6.07. The van der Waals surface area contributed by atoms with Crippen LogP contribution in [0.15, 0.2) is 119 Å². The first kappa shape index (κ1) is 31.3. The first-order chi connectivity index (χ1) is 20.2. The van der Waals surface area contributed by atoms with Gasteiger partial charge in [-0.1, -0.05) is 100 Å². The van der Waals surface area contributed by atoms with E-state index in [4.69, 9.17) is 11.6 Å². The highest BCUT2D eigenvalue weighted by Crippen LogP contribution is 2.31. The number of benzene rings is 4. The Hall–Kier alpha value is -3.66. The molecule has 7 nitrogen and oxygen atoms in total. The van der Waals surface area contributed by atoms with Crippen molar-refractivity contribution in [3.63, 3.8) is 0 Å². The third-order valence-electron chi connectivity index (χ3n) is 6.60. The Bertz CT molecular complexity index is 1620. The van der Waals surface area contributed by atoms with Crippen LogP contribution in [0.4, 0.5) is 5.69 Å². The molecular formula is C32H31BrClN3O4S. The Kier molecular flexibility index (Phi) is 10.8. The van der Waals surface area contributed by atoms with Gasteiger partial charge in [0.1, 0.15) is 12.6 Å². The van der Waals surface area contributed by atoms with Gasteiger partial charge in [0.2, 0.25) is 11.8 Å². The minimum atomic E-state index is -4.21. The third-order valence-corrected chi connectivity index (χ3v) is 9.18. The van der Waals surface area contributed by atoms with Gasteiger partial charge in [-0.2, -0.15) is 0 Å². The van der Waals surface area contributed by atoms with Crippen LogP contribution in [0.1, 0.15) is 18.1 Å². The normalized spacial score (nSPS) is 11.9. The quantitative estimate of drug-likeness (QED) is 0.199. The summed E-state index contributed by atoms with van der Waals surface area (Å²) in [5, 5.41) is 3.03. The molecule has 0 heterocycles. The second kappa shape index (κ2) is 14.5. The highest BCUT2D eigenvalue weighted by molar-refractivity contribution is 9.10. The molecule has 218 valence electrons. The van der Waals surface area contributed by atoms with Crippen molar-refractivity contribution in [1.29, 1.82) is 0 Å². The molecule has 0 aliphatic heterocycles. The summed E-state index contributed by atoms with van der Waals surface area (Å²) in [7, 11) is -4.21. The van der Waals surface area contributed by atoms with Crippen LogP contribution >= 0.6 is 27.5 Å². The van der Waals surface area contributed by atoms with Crippen LogP contribution in [-0.4, -0.2) is 44.3 Å². The predicted molar refractivity (Wildman–Crippen MR) is 170 cm³/mol. The fourth-order valence-corrected chi connectivity index (χ4v) is 6.75. The molecule has 2 amide bonds. The zero-order chi connectivity index (χ0) is 30.1. The number of halogens is 2. The minimum absolute atomic E-state index is 0.0146. The highest BCUT2D eigenvalue weighted by atomic mass is 79.9. The van der Waals surface area contributed by atoms with Crippen molar-refractivity contribution < 1.29 is 18.0 Å². The second-order valence-electron chi connectivity index (χ2n) is 9.53. The lowest BCUT2D eigenvalue weighted by Crippen LogP contribution is -2.53. The zero-order valence-corrected chi connectivity index (χ0v) is 26.1. The molecule has 0 spiro atoms. The van der Waals surface area contributed by atoms with Gasteiger partial charge in [0.25, 0.3) is 10.0 Å². The second-order valence-corrected chi connectivity index (χ2v) is 12.7. The van der Waals surface area contributed by atoms with Crippen LogP contribution in [0.5, 0.6) is 0 Å². The number of hydrogen-bond acceptors (Lipinski definition) is 4. The molecule has 0 saturated carbocycles. The fourth-order valence-electron chi connectivity index (χ4n) is 4.57. The maximum atomic E-state index is 14.3. The molecule has 0 bridgehead atoms. The van der Waals surface area contributed by atoms with Gasteiger partial charge in [-0.05, 0) is 54.4 Å². The summed E-state index contributed by atoms with van der Waals surface area (Å²) in [5.74, 6) is -0.888. The summed E-state index contributed by atoms with van der Waals surface area (Å²) >= 11 is 9.96. The van der Waals surface area contributed by atoms with E-state index in [2.05, 4.69) is 21.2 Å². The van der Waals surface area contributed by atoms with Gasteiger partial charge in [-0.25, -0.2) is 8.42 Å². The first-order valence-electron chi connectivity index (χ1n) is 13.4. The largest absolute Gasteiger partial charge is 0.355 e. The van der Waals surface area contributed by atoms with Gasteiger partial charge in [-0.15, -0.1) is 0 Å². The van der Waals surface area contributed by atoms with E-state index < -0.39 is 28.5 Å². The zero-order valence-electron chi connectivity index (χ0n) is 23.0. The number of nitrogens with one attached hydrogen (secondary N) is 1. The van der Waals surface area contributed by atoms with Gasteiger partial charge < -0.3 is 10.2 Å². The average Bonchev–Trinajstić information content (AvgIpc) is 2.99. The highest BCUT2D eigenvalue weighted by Gasteiger charge is 2.35. The molecule has 10 heteroatoms. The fraction of sp³-hybridized carbons (Fsp3) is 0.188. The summed E-state index contributed by atoms with van der Waals surface area (Å²) in [6.07, 6.45) is 0.240. The first-order valence-corrected chi connectivity index (χ1v) is 16.0. The Balaban J connectivity index is 1.80. The van der Waals surface area contributed by atoms with Crippen molar-refractivity contribution in [1.82, 2.24) is 10.2 Å².